The van der Waals surface area contributed by atoms with Gasteiger partial charge in [-0.05, 0) is 26.9 Å². The maximum absolute atomic E-state index is 5.40. The van der Waals surface area contributed by atoms with E-state index in [2.05, 4.69) is 53.5 Å². The van der Waals surface area contributed by atoms with E-state index in [1.54, 1.807) is 14.2 Å². The molecule has 1 aliphatic heterocycles. The molecule has 1 unspecified atom stereocenters. The van der Waals surface area contributed by atoms with Crippen LogP contribution in [0, 0.1) is 0 Å². The maximum atomic E-state index is 5.40. The van der Waals surface area contributed by atoms with E-state index in [0.717, 1.165) is 68.8 Å². The van der Waals surface area contributed by atoms with E-state index in [0.29, 0.717) is 6.04 Å². The Kier molecular flexibility index (Phi) is 11.4. The van der Waals surface area contributed by atoms with Crippen LogP contribution in [0.15, 0.2) is 23.2 Å². The van der Waals surface area contributed by atoms with Gasteiger partial charge in [-0.2, -0.15) is 0 Å². The highest BCUT2D eigenvalue weighted by molar-refractivity contribution is 14.0. The summed E-state index contributed by atoms with van der Waals surface area (Å²) >= 11 is 0. The summed E-state index contributed by atoms with van der Waals surface area (Å²) in [6.45, 7) is 9.84. The predicted octanol–water partition coefficient (Wildman–Crippen LogP) is 2.41. The summed E-state index contributed by atoms with van der Waals surface area (Å²) < 4.78 is 10.8. The molecule has 7 nitrogen and oxygen atoms in total. The van der Waals surface area contributed by atoms with Crippen molar-refractivity contribution >= 4 is 35.6 Å². The number of anilines is 1. The van der Waals surface area contributed by atoms with Gasteiger partial charge >= 0.3 is 0 Å². The molecule has 1 fully saturated rings. The summed E-state index contributed by atoms with van der Waals surface area (Å²) in [4.78, 5) is 9.33. The van der Waals surface area contributed by atoms with Crippen molar-refractivity contribution in [2.75, 3.05) is 65.4 Å². The van der Waals surface area contributed by atoms with Crippen molar-refractivity contribution in [2.45, 2.75) is 26.3 Å². The molecule has 0 radical (unpaired) electrons. The van der Waals surface area contributed by atoms with Crippen LogP contribution in [0.5, 0.6) is 11.5 Å². The first-order chi connectivity index (χ1) is 13.1. The molecule has 1 aromatic rings. The monoisotopic (exact) mass is 505 g/mol. The quantitative estimate of drug-likeness (QED) is 0.306. The first-order valence-electron chi connectivity index (χ1n) is 9.81. The molecule has 1 heterocycles. The summed E-state index contributed by atoms with van der Waals surface area (Å²) in [5.74, 6) is 2.53. The van der Waals surface area contributed by atoms with E-state index in [1.807, 2.05) is 6.07 Å². The third-order valence-corrected chi connectivity index (χ3v) is 4.87. The molecule has 160 valence electrons. The van der Waals surface area contributed by atoms with Gasteiger partial charge in [-0.1, -0.05) is 6.92 Å². The number of rotatable bonds is 9. The van der Waals surface area contributed by atoms with E-state index in [9.17, 15) is 0 Å². The molecule has 1 aromatic carbocycles. The van der Waals surface area contributed by atoms with Gasteiger partial charge < -0.3 is 29.9 Å². The van der Waals surface area contributed by atoms with Gasteiger partial charge in [-0.3, -0.25) is 4.99 Å². The number of likely N-dealkylation sites (N-methyl/N-ethyl adjacent to an activating group) is 1. The molecule has 0 aromatic heterocycles. The molecule has 2 rings (SSSR count). The van der Waals surface area contributed by atoms with Gasteiger partial charge in [-0.15, -0.1) is 24.0 Å². The molecule has 1 atom stereocenters. The summed E-state index contributed by atoms with van der Waals surface area (Å²) in [6.07, 6.45) is 1.07. The molecule has 2 N–H and O–H groups in total. The summed E-state index contributed by atoms with van der Waals surface area (Å²) in [6, 6.07) is 6.39. The lowest BCUT2D eigenvalue weighted by molar-refractivity contribution is 0.363. The van der Waals surface area contributed by atoms with Crippen molar-refractivity contribution in [3.63, 3.8) is 0 Å². The first kappa shape index (κ1) is 24.6. The van der Waals surface area contributed by atoms with Gasteiger partial charge in [0.2, 0.25) is 0 Å². The molecule has 0 aliphatic carbocycles. The molecular weight excluding hydrogens is 469 g/mol. The number of hydrogen-bond donors (Lipinski definition) is 2. The zero-order chi connectivity index (χ0) is 19.6. The number of nitrogens with zero attached hydrogens (tertiary/aromatic N) is 3. The molecule has 1 aliphatic rings. The maximum Gasteiger partial charge on any atom is 0.191 e. The fraction of sp³-hybridized carbons (Fsp3) is 0.650. The Morgan fingerprint density at radius 3 is 2.46 bits per heavy atom. The van der Waals surface area contributed by atoms with Gasteiger partial charge in [0.15, 0.2) is 5.96 Å². The smallest absolute Gasteiger partial charge is 0.191 e. The standard InChI is InChI=1S/C20H35N5O2.HI/c1-6-21-20(22-9-11-24(3)7-2)23-16-8-10-25(15-16)17-12-18(26-4)14-19(13-17)27-5;/h12-14,16H,6-11,15H2,1-5H3,(H2,21,22,23);1H. The fourth-order valence-electron chi connectivity index (χ4n) is 3.09. The lowest BCUT2D eigenvalue weighted by atomic mass is 10.2. The Morgan fingerprint density at radius 2 is 1.89 bits per heavy atom. The van der Waals surface area contributed by atoms with E-state index in [1.165, 1.54) is 0 Å². The first-order valence-corrected chi connectivity index (χ1v) is 9.81. The zero-order valence-electron chi connectivity index (χ0n) is 17.8. The number of benzene rings is 1. The van der Waals surface area contributed by atoms with Crippen molar-refractivity contribution in [2.24, 2.45) is 4.99 Å². The van der Waals surface area contributed by atoms with Crippen molar-refractivity contribution in [1.82, 2.24) is 15.5 Å². The lowest BCUT2D eigenvalue weighted by Crippen LogP contribution is -2.45. The van der Waals surface area contributed by atoms with Gasteiger partial charge in [0.1, 0.15) is 11.5 Å². The van der Waals surface area contributed by atoms with Gasteiger partial charge in [0.25, 0.3) is 0 Å². The minimum Gasteiger partial charge on any atom is -0.497 e. The highest BCUT2D eigenvalue weighted by atomic mass is 127. The van der Waals surface area contributed by atoms with E-state index in [-0.39, 0.29) is 24.0 Å². The van der Waals surface area contributed by atoms with E-state index < -0.39 is 0 Å². The Bertz CT molecular complexity index is 592. The molecule has 0 spiro atoms. The molecule has 0 bridgehead atoms. The SMILES string of the molecule is CCNC(=NCCN(C)CC)NC1CCN(c2cc(OC)cc(OC)c2)C1.I. The van der Waals surface area contributed by atoms with Crippen LogP contribution in [-0.4, -0.2) is 77.4 Å². The zero-order valence-corrected chi connectivity index (χ0v) is 20.2. The third-order valence-electron chi connectivity index (χ3n) is 4.87. The summed E-state index contributed by atoms with van der Waals surface area (Å²) in [7, 11) is 5.48. The Hall–Kier alpha value is -1.42. The van der Waals surface area contributed by atoms with E-state index >= 15 is 0 Å². The summed E-state index contributed by atoms with van der Waals surface area (Å²) in [5.41, 5.74) is 1.13. The molecule has 28 heavy (non-hydrogen) atoms. The number of methoxy groups -OCH3 is 2. The van der Waals surface area contributed by atoms with Crippen LogP contribution >= 0.6 is 24.0 Å². The molecule has 1 saturated heterocycles. The Labute approximate surface area is 186 Å². The minimum absolute atomic E-state index is 0. The molecular formula is C20H36IN5O2. The van der Waals surface area contributed by atoms with Crippen LogP contribution in [0.4, 0.5) is 5.69 Å². The van der Waals surface area contributed by atoms with Crippen molar-refractivity contribution in [3.8, 4) is 11.5 Å². The second kappa shape index (κ2) is 12.9. The largest absolute Gasteiger partial charge is 0.497 e. The van der Waals surface area contributed by atoms with Crippen molar-refractivity contribution in [1.29, 1.82) is 0 Å². The third kappa shape index (κ3) is 7.54. The van der Waals surface area contributed by atoms with Crippen LogP contribution in [0.3, 0.4) is 0 Å². The minimum atomic E-state index is 0. The van der Waals surface area contributed by atoms with Crippen molar-refractivity contribution < 1.29 is 9.47 Å². The van der Waals surface area contributed by atoms with Crippen molar-refractivity contribution in [3.05, 3.63) is 18.2 Å². The highest BCUT2D eigenvalue weighted by Gasteiger charge is 2.24. The normalized spacial score (nSPS) is 16.7. The molecule has 0 saturated carbocycles. The van der Waals surface area contributed by atoms with Crippen LogP contribution in [0.1, 0.15) is 20.3 Å². The van der Waals surface area contributed by atoms with Gasteiger partial charge in [0.05, 0.1) is 20.8 Å². The average Bonchev–Trinajstić information content (AvgIpc) is 3.16. The second-order valence-electron chi connectivity index (χ2n) is 6.80. The number of nitrogens with one attached hydrogen (secondary N) is 2. The summed E-state index contributed by atoms with van der Waals surface area (Å²) in [5, 5.41) is 6.94. The van der Waals surface area contributed by atoms with Crippen LogP contribution < -0.4 is 25.0 Å². The molecule has 0 amide bonds. The second-order valence-corrected chi connectivity index (χ2v) is 6.80. The topological polar surface area (TPSA) is 61.4 Å². The van der Waals surface area contributed by atoms with Gasteiger partial charge in [0, 0.05) is 56.1 Å². The van der Waals surface area contributed by atoms with Gasteiger partial charge in [-0.25, -0.2) is 0 Å². The average molecular weight is 505 g/mol. The predicted molar refractivity (Wildman–Crippen MR) is 128 cm³/mol. The lowest BCUT2D eigenvalue weighted by Gasteiger charge is -2.21. The Morgan fingerprint density at radius 1 is 1.21 bits per heavy atom. The number of halogens is 1. The highest BCUT2D eigenvalue weighted by Crippen LogP contribution is 2.30. The fourth-order valence-corrected chi connectivity index (χ4v) is 3.09. The number of ether oxygens (including phenoxy) is 2. The molecule has 8 heteroatoms. The Balaban J connectivity index is 0.00000392. The van der Waals surface area contributed by atoms with E-state index in [4.69, 9.17) is 14.5 Å². The number of guanidine groups is 1. The van der Waals surface area contributed by atoms with Crippen LogP contribution in [0.25, 0.3) is 0 Å². The van der Waals surface area contributed by atoms with Crippen LogP contribution in [-0.2, 0) is 0 Å². The number of aliphatic imine (C=N–C) groups is 1. The number of hydrogen-bond acceptors (Lipinski definition) is 5. The van der Waals surface area contributed by atoms with Crippen LogP contribution in [0.2, 0.25) is 0 Å².